The molecule has 1 atom stereocenters. The van der Waals surface area contributed by atoms with Gasteiger partial charge in [-0.3, -0.25) is 0 Å². The lowest BCUT2D eigenvalue weighted by Crippen LogP contribution is -2.31. The summed E-state index contributed by atoms with van der Waals surface area (Å²) in [5.74, 6) is 1.48. The van der Waals surface area contributed by atoms with E-state index in [0.717, 1.165) is 12.5 Å². The smallest absolute Gasteiger partial charge is 0.136 e. The molecule has 0 bridgehead atoms. The first-order valence-corrected chi connectivity index (χ1v) is 7.05. The number of rotatable bonds is 5. The maximum atomic E-state index is 8.96. The number of benzene rings is 1. The molecule has 0 spiro atoms. The molecule has 1 fully saturated rings. The second-order valence-electron chi connectivity index (χ2n) is 5.36. The van der Waals surface area contributed by atoms with Crippen molar-refractivity contribution in [2.75, 3.05) is 7.11 Å². The summed E-state index contributed by atoms with van der Waals surface area (Å²) in [7, 11) is 1.61. The Balaban J connectivity index is 1.94. The lowest BCUT2D eigenvalue weighted by atomic mass is 9.99. The van der Waals surface area contributed by atoms with Gasteiger partial charge in [0.15, 0.2) is 0 Å². The fourth-order valence-electron chi connectivity index (χ4n) is 2.84. The van der Waals surface area contributed by atoms with Crippen LogP contribution in [0.15, 0.2) is 18.2 Å². The molecule has 3 nitrogen and oxygen atoms in total. The quantitative estimate of drug-likeness (QED) is 0.882. The molecule has 1 aromatic carbocycles. The molecule has 0 aliphatic heterocycles. The van der Waals surface area contributed by atoms with Crippen LogP contribution in [0.25, 0.3) is 0 Å². The van der Waals surface area contributed by atoms with Crippen LogP contribution in [0, 0.1) is 17.2 Å². The summed E-state index contributed by atoms with van der Waals surface area (Å²) >= 11 is 0. The minimum Gasteiger partial charge on any atom is -0.495 e. The molecule has 1 aliphatic carbocycles. The Hall–Kier alpha value is -1.53. The molecule has 0 radical (unpaired) electrons. The highest BCUT2D eigenvalue weighted by Gasteiger charge is 2.20. The van der Waals surface area contributed by atoms with Crippen LogP contribution in [-0.4, -0.2) is 13.2 Å². The summed E-state index contributed by atoms with van der Waals surface area (Å²) < 4.78 is 5.23. The summed E-state index contributed by atoms with van der Waals surface area (Å²) in [6.07, 6.45) is 5.46. The van der Waals surface area contributed by atoms with Crippen LogP contribution in [0.3, 0.4) is 0 Å². The monoisotopic (exact) mass is 258 g/mol. The molecule has 0 heterocycles. The van der Waals surface area contributed by atoms with Crippen LogP contribution >= 0.6 is 0 Å². The zero-order valence-corrected chi connectivity index (χ0v) is 11.8. The number of hydrogen-bond donors (Lipinski definition) is 1. The van der Waals surface area contributed by atoms with Gasteiger partial charge in [0, 0.05) is 12.6 Å². The summed E-state index contributed by atoms with van der Waals surface area (Å²) in [6.45, 7) is 3.11. The Morgan fingerprint density at radius 2 is 2.16 bits per heavy atom. The van der Waals surface area contributed by atoms with Crippen LogP contribution < -0.4 is 10.1 Å². The lowest BCUT2D eigenvalue weighted by Gasteiger charge is -2.20. The number of nitriles is 1. The highest BCUT2D eigenvalue weighted by atomic mass is 16.5. The minimum absolute atomic E-state index is 0.559. The second kappa shape index (κ2) is 6.58. The van der Waals surface area contributed by atoms with E-state index in [9.17, 15) is 0 Å². The molecular formula is C16H22N2O. The van der Waals surface area contributed by atoms with E-state index in [1.807, 2.05) is 18.2 Å². The molecule has 0 aromatic heterocycles. The fraction of sp³-hybridized carbons (Fsp3) is 0.562. The predicted molar refractivity (Wildman–Crippen MR) is 76.0 cm³/mol. The first kappa shape index (κ1) is 13.9. The van der Waals surface area contributed by atoms with Crippen LogP contribution in [0.4, 0.5) is 0 Å². The van der Waals surface area contributed by atoms with E-state index in [-0.39, 0.29) is 0 Å². The van der Waals surface area contributed by atoms with Gasteiger partial charge in [-0.1, -0.05) is 18.9 Å². The Morgan fingerprint density at radius 3 is 2.79 bits per heavy atom. The SMILES string of the molecule is COc1cc(CN[C@H](C)C2CCCC2)ccc1C#N. The first-order chi connectivity index (χ1) is 9.24. The van der Waals surface area contributed by atoms with Crippen LogP contribution in [-0.2, 0) is 6.54 Å². The largest absolute Gasteiger partial charge is 0.495 e. The van der Waals surface area contributed by atoms with Crippen molar-refractivity contribution in [3.8, 4) is 11.8 Å². The third-order valence-corrected chi connectivity index (χ3v) is 4.12. The van der Waals surface area contributed by atoms with Gasteiger partial charge in [-0.05, 0) is 43.4 Å². The van der Waals surface area contributed by atoms with Gasteiger partial charge < -0.3 is 10.1 Å². The number of ether oxygens (including phenoxy) is 1. The zero-order valence-electron chi connectivity index (χ0n) is 11.8. The highest BCUT2D eigenvalue weighted by molar-refractivity contribution is 5.45. The minimum atomic E-state index is 0.559. The van der Waals surface area contributed by atoms with Crippen molar-refractivity contribution in [2.24, 2.45) is 5.92 Å². The van der Waals surface area contributed by atoms with Crippen LogP contribution in [0.5, 0.6) is 5.75 Å². The molecule has 3 heteroatoms. The molecule has 2 rings (SSSR count). The van der Waals surface area contributed by atoms with E-state index in [1.165, 1.54) is 31.2 Å². The van der Waals surface area contributed by atoms with Gasteiger partial charge in [0.2, 0.25) is 0 Å². The third kappa shape index (κ3) is 3.48. The maximum Gasteiger partial charge on any atom is 0.136 e. The van der Waals surface area contributed by atoms with E-state index in [2.05, 4.69) is 18.3 Å². The molecule has 1 aliphatic rings. The van der Waals surface area contributed by atoms with Crippen LogP contribution in [0.1, 0.15) is 43.7 Å². The third-order valence-electron chi connectivity index (χ3n) is 4.12. The lowest BCUT2D eigenvalue weighted by molar-refractivity contribution is 0.379. The van der Waals surface area contributed by atoms with E-state index in [4.69, 9.17) is 10.00 Å². The number of hydrogen-bond acceptors (Lipinski definition) is 3. The molecule has 0 unspecified atom stereocenters. The van der Waals surface area contributed by atoms with Gasteiger partial charge in [-0.15, -0.1) is 0 Å². The Kier molecular flexibility index (Phi) is 4.81. The second-order valence-corrected chi connectivity index (χ2v) is 5.36. The van der Waals surface area contributed by atoms with Gasteiger partial charge in [0.25, 0.3) is 0 Å². The topological polar surface area (TPSA) is 45.0 Å². The number of nitrogens with zero attached hydrogens (tertiary/aromatic N) is 1. The Bertz CT molecular complexity index is 458. The average molecular weight is 258 g/mol. The zero-order chi connectivity index (χ0) is 13.7. The molecule has 102 valence electrons. The molecule has 0 amide bonds. The van der Waals surface area contributed by atoms with Crippen molar-refractivity contribution < 1.29 is 4.74 Å². The molecular weight excluding hydrogens is 236 g/mol. The van der Waals surface area contributed by atoms with Gasteiger partial charge >= 0.3 is 0 Å². The van der Waals surface area contributed by atoms with Crippen molar-refractivity contribution >= 4 is 0 Å². The fourth-order valence-corrected chi connectivity index (χ4v) is 2.84. The summed E-state index contributed by atoms with van der Waals surface area (Å²) in [5.41, 5.74) is 1.76. The molecule has 1 aromatic rings. The standard InChI is InChI=1S/C16H22N2O/c1-12(14-5-3-4-6-14)18-11-13-7-8-15(10-17)16(9-13)19-2/h7-9,12,14,18H,3-6,11H2,1-2H3/t12-/m1/s1. The predicted octanol–water partition coefficient (Wildman–Crippen LogP) is 3.24. The maximum absolute atomic E-state index is 8.96. The molecule has 1 saturated carbocycles. The van der Waals surface area contributed by atoms with Crippen molar-refractivity contribution in [3.05, 3.63) is 29.3 Å². The van der Waals surface area contributed by atoms with E-state index in [1.54, 1.807) is 7.11 Å². The van der Waals surface area contributed by atoms with E-state index >= 15 is 0 Å². The van der Waals surface area contributed by atoms with E-state index < -0.39 is 0 Å². The number of methoxy groups -OCH3 is 1. The molecule has 0 saturated heterocycles. The Labute approximate surface area is 115 Å². The van der Waals surface area contributed by atoms with Gasteiger partial charge in [-0.2, -0.15) is 5.26 Å². The van der Waals surface area contributed by atoms with Crippen molar-refractivity contribution in [2.45, 2.75) is 45.2 Å². The Morgan fingerprint density at radius 1 is 1.42 bits per heavy atom. The average Bonchev–Trinajstić information content (AvgIpc) is 2.98. The first-order valence-electron chi connectivity index (χ1n) is 7.05. The van der Waals surface area contributed by atoms with Crippen molar-refractivity contribution in [1.82, 2.24) is 5.32 Å². The molecule has 1 N–H and O–H groups in total. The van der Waals surface area contributed by atoms with Crippen LogP contribution in [0.2, 0.25) is 0 Å². The van der Waals surface area contributed by atoms with E-state index in [0.29, 0.717) is 17.4 Å². The van der Waals surface area contributed by atoms with Crippen molar-refractivity contribution in [3.63, 3.8) is 0 Å². The van der Waals surface area contributed by atoms with Crippen molar-refractivity contribution in [1.29, 1.82) is 5.26 Å². The van der Waals surface area contributed by atoms with Gasteiger partial charge in [0.05, 0.1) is 12.7 Å². The normalized spacial score (nSPS) is 17.1. The molecule has 19 heavy (non-hydrogen) atoms. The van der Waals surface area contributed by atoms with Gasteiger partial charge in [0.1, 0.15) is 11.8 Å². The number of nitrogens with one attached hydrogen (secondary N) is 1. The summed E-state index contributed by atoms with van der Waals surface area (Å²) in [5, 5.41) is 12.5. The van der Waals surface area contributed by atoms with Gasteiger partial charge in [-0.25, -0.2) is 0 Å². The summed E-state index contributed by atoms with van der Waals surface area (Å²) in [4.78, 5) is 0. The highest BCUT2D eigenvalue weighted by Crippen LogP contribution is 2.27. The summed E-state index contributed by atoms with van der Waals surface area (Å²) in [6, 6.07) is 8.47.